The first kappa shape index (κ1) is 15.3. The first-order valence-corrected chi connectivity index (χ1v) is 10.0. The molecule has 116 valence electrons. The predicted octanol–water partition coefficient (Wildman–Crippen LogP) is 2.31. The maximum atomic E-state index is 11.1. The maximum absolute atomic E-state index is 11.1. The lowest BCUT2D eigenvalue weighted by atomic mass is 9.98. The third-order valence-electron chi connectivity index (χ3n) is 4.06. The van der Waals surface area contributed by atoms with E-state index in [1.165, 1.54) is 24.8 Å². The second kappa shape index (κ2) is 6.26. The fraction of sp³-hybridized carbons (Fsp3) is 0.600. The van der Waals surface area contributed by atoms with E-state index in [1.807, 2.05) is 6.07 Å². The van der Waals surface area contributed by atoms with Crippen LogP contribution in [0.5, 0.6) is 5.75 Å². The van der Waals surface area contributed by atoms with Gasteiger partial charge in [0.25, 0.3) is 0 Å². The van der Waals surface area contributed by atoms with Crippen molar-refractivity contribution in [2.24, 2.45) is 0 Å². The fourth-order valence-electron chi connectivity index (χ4n) is 2.91. The zero-order chi connectivity index (χ0) is 14.9. The molecular weight excluding hydrogens is 354 g/mol. The Bertz CT molecular complexity index is 599. The largest absolute Gasteiger partial charge is 0.487 e. The molecule has 21 heavy (non-hydrogen) atoms. The lowest BCUT2D eigenvalue weighted by molar-refractivity contribution is 0.229. The third-order valence-corrected chi connectivity index (χ3v) is 6.44. The standard InChI is InChI=1S/C15H20BrNO3S/c16-14-8-11(7-12-3-1-2-6-17-12)4-5-15(14)20-13-9-21(18,19)10-13/h4-5,8,12-13,17H,1-3,6-7,9-10H2. The van der Waals surface area contributed by atoms with Gasteiger partial charge in [-0.1, -0.05) is 12.5 Å². The van der Waals surface area contributed by atoms with Crippen molar-refractivity contribution < 1.29 is 13.2 Å². The summed E-state index contributed by atoms with van der Waals surface area (Å²) >= 11 is 3.53. The molecule has 6 heteroatoms. The van der Waals surface area contributed by atoms with Gasteiger partial charge in [-0.05, 0) is 59.4 Å². The molecule has 2 saturated heterocycles. The maximum Gasteiger partial charge on any atom is 0.157 e. The lowest BCUT2D eigenvalue weighted by Gasteiger charge is -2.27. The van der Waals surface area contributed by atoms with E-state index in [0.717, 1.165) is 23.2 Å². The quantitative estimate of drug-likeness (QED) is 0.879. The molecule has 0 bridgehead atoms. The number of rotatable bonds is 4. The Morgan fingerprint density at radius 3 is 2.71 bits per heavy atom. The van der Waals surface area contributed by atoms with Crippen LogP contribution in [0, 0.1) is 0 Å². The molecule has 0 spiro atoms. The van der Waals surface area contributed by atoms with Crippen molar-refractivity contribution in [1.29, 1.82) is 0 Å². The van der Waals surface area contributed by atoms with Crippen LogP contribution in [-0.4, -0.2) is 38.6 Å². The molecular formula is C15H20BrNO3S. The number of hydrogen-bond acceptors (Lipinski definition) is 4. The molecule has 0 amide bonds. The molecule has 0 aliphatic carbocycles. The van der Waals surface area contributed by atoms with Crippen LogP contribution in [0.1, 0.15) is 24.8 Å². The summed E-state index contributed by atoms with van der Waals surface area (Å²) < 4.78 is 28.9. The molecule has 2 aliphatic heterocycles. The van der Waals surface area contributed by atoms with Gasteiger partial charge in [-0.15, -0.1) is 0 Å². The molecule has 2 aliphatic rings. The van der Waals surface area contributed by atoms with Crippen LogP contribution in [0.15, 0.2) is 22.7 Å². The number of piperidine rings is 1. The van der Waals surface area contributed by atoms with Crippen molar-refractivity contribution in [3.63, 3.8) is 0 Å². The molecule has 1 unspecified atom stereocenters. The SMILES string of the molecule is O=S1(=O)CC(Oc2ccc(CC3CCCCN3)cc2Br)C1. The molecule has 0 aromatic heterocycles. The smallest absolute Gasteiger partial charge is 0.157 e. The third kappa shape index (κ3) is 3.99. The summed E-state index contributed by atoms with van der Waals surface area (Å²) in [6.45, 7) is 1.11. The molecule has 1 N–H and O–H groups in total. The normalized spacial score (nSPS) is 25.3. The van der Waals surface area contributed by atoms with Crippen molar-refractivity contribution in [2.45, 2.75) is 37.8 Å². The van der Waals surface area contributed by atoms with Crippen LogP contribution in [0.4, 0.5) is 0 Å². The summed E-state index contributed by atoms with van der Waals surface area (Å²) in [6, 6.07) is 6.66. The van der Waals surface area contributed by atoms with Gasteiger partial charge in [-0.25, -0.2) is 8.42 Å². The molecule has 1 aromatic carbocycles. The van der Waals surface area contributed by atoms with E-state index in [-0.39, 0.29) is 17.6 Å². The van der Waals surface area contributed by atoms with Crippen LogP contribution in [-0.2, 0) is 16.3 Å². The van der Waals surface area contributed by atoms with Gasteiger partial charge >= 0.3 is 0 Å². The van der Waals surface area contributed by atoms with Crippen molar-refractivity contribution in [2.75, 3.05) is 18.1 Å². The van der Waals surface area contributed by atoms with Gasteiger partial charge in [0.2, 0.25) is 0 Å². The van der Waals surface area contributed by atoms with Crippen LogP contribution >= 0.6 is 15.9 Å². The van der Waals surface area contributed by atoms with Crippen LogP contribution in [0.25, 0.3) is 0 Å². The van der Waals surface area contributed by atoms with Gasteiger partial charge < -0.3 is 10.1 Å². The number of hydrogen-bond donors (Lipinski definition) is 1. The van der Waals surface area contributed by atoms with Gasteiger partial charge in [0.1, 0.15) is 11.9 Å². The highest BCUT2D eigenvalue weighted by Gasteiger charge is 2.35. The Hall–Kier alpha value is -0.590. The topological polar surface area (TPSA) is 55.4 Å². The zero-order valence-corrected chi connectivity index (χ0v) is 14.2. The summed E-state index contributed by atoms with van der Waals surface area (Å²) in [5, 5.41) is 3.55. The minimum Gasteiger partial charge on any atom is -0.487 e. The highest BCUT2D eigenvalue weighted by atomic mass is 79.9. The minimum absolute atomic E-state index is 0.132. The average molecular weight is 374 g/mol. The Kier molecular flexibility index (Phi) is 4.57. The van der Waals surface area contributed by atoms with Crippen molar-refractivity contribution in [3.8, 4) is 5.75 Å². The number of sulfone groups is 1. The second-order valence-electron chi connectivity index (χ2n) is 5.93. The van der Waals surface area contributed by atoms with Crippen LogP contribution in [0.2, 0.25) is 0 Å². The van der Waals surface area contributed by atoms with Crippen LogP contribution in [0.3, 0.4) is 0 Å². The van der Waals surface area contributed by atoms with E-state index in [1.54, 1.807) is 0 Å². The summed E-state index contributed by atoms with van der Waals surface area (Å²) in [5.41, 5.74) is 1.27. The molecule has 2 heterocycles. The van der Waals surface area contributed by atoms with E-state index in [4.69, 9.17) is 4.74 Å². The van der Waals surface area contributed by atoms with E-state index in [0.29, 0.717) is 6.04 Å². The number of ether oxygens (including phenoxy) is 1. The molecule has 1 atom stereocenters. The van der Waals surface area contributed by atoms with Crippen LogP contribution < -0.4 is 10.1 Å². The molecule has 1 aromatic rings. The van der Waals surface area contributed by atoms with Gasteiger partial charge in [0.05, 0.1) is 16.0 Å². The van der Waals surface area contributed by atoms with Gasteiger partial charge in [-0.2, -0.15) is 0 Å². The Labute approximate surface area is 134 Å². The summed E-state index contributed by atoms with van der Waals surface area (Å²) in [6.07, 6.45) is 4.64. The van der Waals surface area contributed by atoms with Gasteiger partial charge in [0.15, 0.2) is 9.84 Å². The molecule has 0 saturated carbocycles. The Morgan fingerprint density at radius 1 is 1.29 bits per heavy atom. The lowest BCUT2D eigenvalue weighted by Crippen LogP contribution is -2.45. The van der Waals surface area contributed by atoms with E-state index in [2.05, 4.69) is 33.4 Å². The average Bonchev–Trinajstić information content (AvgIpc) is 2.41. The fourth-order valence-corrected chi connectivity index (χ4v) is 4.61. The zero-order valence-electron chi connectivity index (χ0n) is 11.8. The molecule has 2 fully saturated rings. The number of halogens is 1. The highest BCUT2D eigenvalue weighted by Crippen LogP contribution is 2.29. The molecule has 4 nitrogen and oxygen atoms in total. The first-order valence-electron chi connectivity index (χ1n) is 7.41. The van der Waals surface area contributed by atoms with Crippen molar-refractivity contribution in [1.82, 2.24) is 5.32 Å². The highest BCUT2D eigenvalue weighted by molar-refractivity contribution is 9.10. The predicted molar refractivity (Wildman–Crippen MR) is 86.6 cm³/mol. The van der Waals surface area contributed by atoms with E-state index >= 15 is 0 Å². The Morgan fingerprint density at radius 2 is 2.10 bits per heavy atom. The summed E-state index contributed by atoms with van der Waals surface area (Å²) in [4.78, 5) is 0. The first-order chi connectivity index (χ1) is 10.0. The Balaban J connectivity index is 1.60. The van der Waals surface area contributed by atoms with Gasteiger partial charge in [0, 0.05) is 6.04 Å². The molecule has 0 radical (unpaired) electrons. The second-order valence-corrected chi connectivity index (χ2v) is 8.94. The van der Waals surface area contributed by atoms with Gasteiger partial charge in [-0.3, -0.25) is 0 Å². The molecule has 3 rings (SSSR count). The monoisotopic (exact) mass is 373 g/mol. The minimum atomic E-state index is -2.84. The van der Waals surface area contributed by atoms with Crippen molar-refractivity contribution >= 4 is 25.8 Å². The number of benzene rings is 1. The number of nitrogens with one attached hydrogen (secondary N) is 1. The van der Waals surface area contributed by atoms with Crippen molar-refractivity contribution in [3.05, 3.63) is 28.2 Å². The summed E-state index contributed by atoms with van der Waals surface area (Å²) in [7, 11) is -2.84. The van der Waals surface area contributed by atoms with E-state index < -0.39 is 9.84 Å². The summed E-state index contributed by atoms with van der Waals surface area (Å²) in [5.74, 6) is 0.996. The van der Waals surface area contributed by atoms with E-state index in [9.17, 15) is 8.42 Å².